The van der Waals surface area contributed by atoms with Crippen LogP contribution in [-0.4, -0.2) is 5.91 Å². The molecule has 0 aromatic heterocycles. The summed E-state index contributed by atoms with van der Waals surface area (Å²) < 4.78 is 6.16. The van der Waals surface area contributed by atoms with E-state index >= 15 is 0 Å². The largest absolute Gasteiger partial charge is 0.479 e. The lowest BCUT2D eigenvalue weighted by Gasteiger charge is -2.22. The number of hydrogen-bond donors (Lipinski definition) is 1. The van der Waals surface area contributed by atoms with Crippen molar-refractivity contribution in [2.45, 2.75) is 6.10 Å². The summed E-state index contributed by atoms with van der Waals surface area (Å²) >= 11 is 18.6. The van der Waals surface area contributed by atoms with Crippen LogP contribution in [0.15, 0.2) is 66.7 Å². The maximum absolute atomic E-state index is 11.3. The van der Waals surface area contributed by atoms with Crippen LogP contribution in [0.2, 0.25) is 15.1 Å². The van der Waals surface area contributed by atoms with E-state index in [0.717, 1.165) is 11.1 Å². The number of ether oxygens (including phenoxy) is 1. The monoisotopic (exact) mass is 405 g/mol. The van der Waals surface area contributed by atoms with Crippen LogP contribution in [0.5, 0.6) is 5.75 Å². The van der Waals surface area contributed by atoms with Gasteiger partial charge in [-0.15, -0.1) is 0 Å². The number of carbonyl (C=O) groups excluding carboxylic acids is 1. The van der Waals surface area contributed by atoms with Gasteiger partial charge in [-0.25, -0.2) is 0 Å². The van der Waals surface area contributed by atoms with Gasteiger partial charge < -0.3 is 10.5 Å². The number of hydrogen-bond acceptors (Lipinski definition) is 2. The molecule has 0 saturated heterocycles. The number of carbonyl (C=O) groups is 1. The molecule has 132 valence electrons. The third-order valence-electron chi connectivity index (χ3n) is 3.82. The molecular weight excluding hydrogens is 393 g/mol. The molecule has 0 aliphatic rings. The van der Waals surface area contributed by atoms with Crippen molar-refractivity contribution >= 4 is 40.7 Å². The summed E-state index contributed by atoms with van der Waals surface area (Å²) in [5.41, 5.74) is 7.23. The molecule has 3 nitrogen and oxygen atoms in total. The number of rotatable bonds is 5. The van der Waals surface area contributed by atoms with Crippen molar-refractivity contribution in [2.24, 2.45) is 5.73 Å². The molecule has 1 amide bonds. The van der Waals surface area contributed by atoms with E-state index in [1.165, 1.54) is 6.07 Å². The van der Waals surface area contributed by atoms with Crippen LogP contribution in [0, 0.1) is 0 Å². The zero-order chi connectivity index (χ0) is 18.7. The fourth-order valence-corrected chi connectivity index (χ4v) is 3.10. The molecule has 3 rings (SSSR count). The molecule has 1 atom stereocenters. The van der Waals surface area contributed by atoms with E-state index in [2.05, 4.69) is 0 Å². The summed E-state index contributed by atoms with van der Waals surface area (Å²) in [5, 5.41) is 1.47. The highest BCUT2D eigenvalue weighted by Crippen LogP contribution is 2.36. The quantitative estimate of drug-likeness (QED) is 0.572. The first-order chi connectivity index (χ1) is 12.5. The zero-order valence-corrected chi connectivity index (χ0v) is 15.7. The Balaban J connectivity index is 2.03. The van der Waals surface area contributed by atoms with E-state index < -0.39 is 12.0 Å². The zero-order valence-electron chi connectivity index (χ0n) is 13.5. The lowest BCUT2D eigenvalue weighted by molar-refractivity contribution is 0.1000. The standard InChI is InChI=1S/C20H14Cl3NO2/c21-14-8-5-12(6-9-14)19(15-3-1-2-4-16(15)22)26-18-10-7-13(20(24)25)11-17(18)23/h1-11,19H,(H2,24,25). The van der Waals surface area contributed by atoms with Gasteiger partial charge in [0.1, 0.15) is 5.75 Å². The van der Waals surface area contributed by atoms with Gasteiger partial charge in [-0.1, -0.05) is 65.1 Å². The summed E-state index contributed by atoms with van der Waals surface area (Å²) in [4.78, 5) is 11.3. The van der Waals surface area contributed by atoms with E-state index in [-0.39, 0.29) is 5.02 Å². The van der Waals surface area contributed by atoms with Gasteiger partial charge in [0.05, 0.1) is 5.02 Å². The molecule has 0 aliphatic heterocycles. The highest BCUT2D eigenvalue weighted by molar-refractivity contribution is 6.32. The molecular formula is C20H14Cl3NO2. The molecule has 0 fully saturated rings. The van der Waals surface area contributed by atoms with Gasteiger partial charge >= 0.3 is 0 Å². The Morgan fingerprint density at radius 2 is 1.58 bits per heavy atom. The number of benzene rings is 3. The Morgan fingerprint density at radius 1 is 0.885 bits per heavy atom. The molecule has 26 heavy (non-hydrogen) atoms. The Hall–Kier alpha value is -2.20. The van der Waals surface area contributed by atoms with Crippen LogP contribution in [-0.2, 0) is 0 Å². The second-order valence-corrected chi connectivity index (χ2v) is 6.83. The molecule has 0 heterocycles. The molecule has 1 unspecified atom stereocenters. The summed E-state index contributed by atoms with van der Waals surface area (Å²) in [6.07, 6.45) is -0.502. The first-order valence-corrected chi connectivity index (χ1v) is 8.85. The van der Waals surface area contributed by atoms with Gasteiger partial charge in [-0.3, -0.25) is 4.79 Å². The Labute approximate surface area is 166 Å². The SMILES string of the molecule is NC(=O)c1ccc(OC(c2ccc(Cl)cc2)c2ccccc2Cl)c(Cl)c1. The van der Waals surface area contributed by atoms with E-state index in [1.54, 1.807) is 30.3 Å². The van der Waals surface area contributed by atoms with Gasteiger partial charge in [0.15, 0.2) is 6.10 Å². The van der Waals surface area contributed by atoms with Crippen LogP contribution in [0.4, 0.5) is 0 Å². The Bertz CT molecular complexity index is 942. The van der Waals surface area contributed by atoms with Gasteiger partial charge in [-0.05, 0) is 42.0 Å². The predicted octanol–water partition coefficient (Wildman–Crippen LogP) is 5.91. The Morgan fingerprint density at radius 3 is 2.19 bits per heavy atom. The topological polar surface area (TPSA) is 52.3 Å². The van der Waals surface area contributed by atoms with Crippen LogP contribution in [0.25, 0.3) is 0 Å². The predicted molar refractivity (Wildman–Crippen MR) is 105 cm³/mol. The smallest absolute Gasteiger partial charge is 0.248 e. The van der Waals surface area contributed by atoms with Gasteiger partial charge in [0, 0.05) is 21.2 Å². The van der Waals surface area contributed by atoms with Crippen LogP contribution in [0.1, 0.15) is 27.6 Å². The second-order valence-electron chi connectivity index (χ2n) is 5.58. The average Bonchev–Trinajstić information content (AvgIpc) is 2.62. The minimum absolute atomic E-state index is 0.285. The lowest BCUT2D eigenvalue weighted by atomic mass is 10.0. The highest BCUT2D eigenvalue weighted by atomic mass is 35.5. The van der Waals surface area contributed by atoms with Crippen molar-refractivity contribution in [3.63, 3.8) is 0 Å². The average molecular weight is 407 g/mol. The van der Waals surface area contributed by atoms with Crippen LogP contribution >= 0.6 is 34.8 Å². The van der Waals surface area contributed by atoms with Gasteiger partial charge in [0.25, 0.3) is 0 Å². The number of halogens is 3. The van der Waals surface area contributed by atoms with Crippen molar-refractivity contribution in [1.82, 2.24) is 0 Å². The molecule has 0 saturated carbocycles. The van der Waals surface area contributed by atoms with Crippen molar-refractivity contribution in [1.29, 1.82) is 0 Å². The normalized spacial score (nSPS) is 11.8. The van der Waals surface area contributed by atoms with E-state index in [1.807, 2.05) is 30.3 Å². The van der Waals surface area contributed by atoms with Gasteiger partial charge in [-0.2, -0.15) is 0 Å². The summed E-state index contributed by atoms with van der Waals surface area (Å²) in [7, 11) is 0. The fraction of sp³-hybridized carbons (Fsp3) is 0.0500. The third-order valence-corrected chi connectivity index (χ3v) is 4.71. The second kappa shape index (κ2) is 8.00. The summed E-state index contributed by atoms with van der Waals surface area (Å²) in [5.74, 6) is -0.143. The molecule has 0 bridgehead atoms. The lowest BCUT2D eigenvalue weighted by Crippen LogP contribution is -2.12. The number of nitrogens with two attached hydrogens (primary N) is 1. The van der Waals surface area contributed by atoms with Crippen LogP contribution in [0.3, 0.4) is 0 Å². The van der Waals surface area contributed by atoms with Crippen molar-refractivity contribution < 1.29 is 9.53 Å². The molecule has 0 radical (unpaired) electrons. The van der Waals surface area contributed by atoms with Crippen molar-refractivity contribution in [3.05, 3.63) is 98.5 Å². The maximum atomic E-state index is 11.3. The van der Waals surface area contributed by atoms with Crippen LogP contribution < -0.4 is 10.5 Å². The summed E-state index contributed by atoms with van der Waals surface area (Å²) in [6.45, 7) is 0. The minimum Gasteiger partial charge on any atom is -0.479 e. The fourth-order valence-electron chi connectivity index (χ4n) is 2.51. The number of amides is 1. The minimum atomic E-state index is -0.557. The molecule has 3 aromatic carbocycles. The highest BCUT2D eigenvalue weighted by Gasteiger charge is 2.20. The molecule has 2 N–H and O–H groups in total. The molecule has 0 aliphatic carbocycles. The van der Waals surface area contributed by atoms with Gasteiger partial charge in [0.2, 0.25) is 5.91 Å². The van der Waals surface area contributed by atoms with E-state index in [4.69, 9.17) is 45.3 Å². The summed E-state index contributed by atoms with van der Waals surface area (Å²) in [6, 6.07) is 19.3. The molecule has 0 spiro atoms. The van der Waals surface area contributed by atoms with Crippen molar-refractivity contribution in [3.8, 4) is 5.75 Å². The van der Waals surface area contributed by atoms with E-state index in [0.29, 0.717) is 21.4 Å². The number of primary amides is 1. The Kier molecular flexibility index (Phi) is 5.72. The first kappa shape index (κ1) is 18.6. The first-order valence-electron chi connectivity index (χ1n) is 7.71. The molecule has 3 aromatic rings. The maximum Gasteiger partial charge on any atom is 0.248 e. The molecule has 6 heteroatoms. The van der Waals surface area contributed by atoms with E-state index in [9.17, 15) is 4.79 Å². The third kappa shape index (κ3) is 4.13. The van der Waals surface area contributed by atoms with Crippen molar-refractivity contribution in [2.75, 3.05) is 0 Å².